The van der Waals surface area contributed by atoms with Crippen molar-refractivity contribution in [1.29, 1.82) is 0 Å². The molecule has 0 aliphatic heterocycles. The van der Waals surface area contributed by atoms with Crippen molar-refractivity contribution in [3.8, 4) is 0 Å². The van der Waals surface area contributed by atoms with Crippen LogP contribution >= 0.6 is 0 Å². The van der Waals surface area contributed by atoms with E-state index in [0.29, 0.717) is 0 Å². The molecule has 86 valence electrons. The van der Waals surface area contributed by atoms with Crippen LogP contribution in [0.25, 0.3) is 0 Å². The Balaban J connectivity index is 3.58. The fourth-order valence-electron chi connectivity index (χ4n) is 1.41. The monoisotopic (exact) mass is 211 g/mol. The van der Waals surface area contributed by atoms with Crippen LogP contribution in [-0.4, -0.2) is 19.3 Å². The van der Waals surface area contributed by atoms with Crippen LogP contribution in [-0.2, 0) is 0 Å². The molecule has 0 aliphatic carbocycles. The molecule has 0 saturated carbocycles. The highest BCUT2D eigenvalue weighted by Crippen LogP contribution is 2.23. The van der Waals surface area contributed by atoms with Gasteiger partial charge >= 0.3 is 6.18 Å². The highest BCUT2D eigenvalue weighted by molar-refractivity contribution is 4.66. The Labute approximate surface area is 84.1 Å². The summed E-state index contributed by atoms with van der Waals surface area (Å²) in [5.41, 5.74) is 0. The third-order valence-electron chi connectivity index (χ3n) is 2.34. The molecule has 1 atom stereocenters. The Morgan fingerprint density at radius 3 is 2.21 bits per heavy atom. The molecule has 0 spiro atoms. The summed E-state index contributed by atoms with van der Waals surface area (Å²) in [4.78, 5) is 0. The van der Waals surface area contributed by atoms with Crippen LogP contribution in [0.15, 0.2) is 0 Å². The molecule has 1 nitrogen and oxygen atoms in total. The highest BCUT2D eigenvalue weighted by Gasteiger charge is 2.27. The smallest absolute Gasteiger partial charge is 0.317 e. The van der Waals surface area contributed by atoms with Crippen LogP contribution in [0.1, 0.15) is 45.4 Å². The van der Waals surface area contributed by atoms with Crippen molar-refractivity contribution in [1.82, 2.24) is 5.32 Å². The summed E-state index contributed by atoms with van der Waals surface area (Å²) in [7, 11) is 1.73. The van der Waals surface area contributed by atoms with Crippen molar-refractivity contribution in [2.24, 2.45) is 0 Å². The van der Waals surface area contributed by atoms with Gasteiger partial charge in [0.1, 0.15) is 0 Å². The maximum absolute atomic E-state index is 11.9. The maximum atomic E-state index is 11.9. The van der Waals surface area contributed by atoms with Crippen molar-refractivity contribution in [3.63, 3.8) is 0 Å². The summed E-state index contributed by atoms with van der Waals surface area (Å²) >= 11 is 0. The van der Waals surface area contributed by atoms with Gasteiger partial charge in [-0.15, -0.1) is 0 Å². The van der Waals surface area contributed by atoms with Gasteiger partial charge in [-0.3, -0.25) is 0 Å². The molecule has 1 N–H and O–H groups in total. The lowest BCUT2D eigenvalue weighted by molar-refractivity contribution is -0.136. The van der Waals surface area contributed by atoms with E-state index in [4.69, 9.17) is 0 Å². The van der Waals surface area contributed by atoms with Gasteiger partial charge in [-0.1, -0.05) is 26.2 Å². The standard InChI is InChI=1S/C10H20F3N/c1-3-4-5-6-9(14-2)7-8-10(11,12)13/h9,14H,3-8H2,1-2H3. The number of alkyl halides is 3. The van der Waals surface area contributed by atoms with E-state index < -0.39 is 12.6 Å². The lowest BCUT2D eigenvalue weighted by Gasteiger charge is -2.16. The summed E-state index contributed by atoms with van der Waals surface area (Å²) in [6.07, 6.45) is -0.422. The second-order valence-electron chi connectivity index (χ2n) is 3.64. The van der Waals surface area contributed by atoms with Crippen LogP contribution in [0, 0.1) is 0 Å². The lowest BCUT2D eigenvalue weighted by atomic mass is 10.0. The van der Waals surface area contributed by atoms with Gasteiger partial charge in [0.2, 0.25) is 0 Å². The molecule has 0 aromatic heterocycles. The first-order valence-electron chi connectivity index (χ1n) is 5.23. The summed E-state index contributed by atoms with van der Waals surface area (Å²) < 4.78 is 35.7. The van der Waals surface area contributed by atoms with E-state index in [0.717, 1.165) is 25.7 Å². The zero-order chi connectivity index (χ0) is 11.0. The molecule has 0 aliphatic rings. The molecule has 0 amide bonds. The van der Waals surface area contributed by atoms with Crippen LogP contribution in [0.2, 0.25) is 0 Å². The highest BCUT2D eigenvalue weighted by atomic mass is 19.4. The number of unbranched alkanes of at least 4 members (excludes halogenated alkanes) is 2. The number of hydrogen-bond acceptors (Lipinski definition) is 1. The third-order valence-corrected chi connectivity index (χ3v) is 2.34. The van der Waals surface area contributed by atoms with Crippen molar-refractivity contribution in [2.45, 2.75) is 57.7 Å². The molecule has 0 aromatic carbocycles. The Hall–Kier alpha value is -0.250. The van der Waals surface area contributed by atoms with Crippen LogP contribution in [0.4, 0.5) is 13.2 Å². The average Bonchev–Trinajstić information content (AvgIpc) is 2.09. The molecule has 0 saturated heterocycles. The topological polar surface area (TPSA) is 12.0 Å². The van der Waals surface area contributed by atoms with Gasteiger partial charge in [-0.2, -0.15) is 13.2 Å². The first-order chi connectivity index (χ1) is 6.49. The van der Waals surface area contributed by atoms with E-state index in [1.807, 2.05) is 0 Å². The summed E-state index contributed by atoms with van der Waals surface area (Å²) in [5.74, 6) is 0. The average molecular weight is 211 g/mol. The summed E-state index contributed by atoms with van der Waals surface area (Å²) in [5, 5.41) is 2.93. The predicted octanol–water partition coefficient (Wildman–Crippen LogP) is 3.50. The molecule has 4 heteroatoms. The molecule has 1 unspecified atom stereocenters. The van der Waals surface area contributed by atoms with E-state index in [2.05, 4.69) is 12.2 Å². The predicted molar refractivity (Wildman–Crippen MR) is 52.3 cm³/mol. The molecule has 0 aromatic rings. The van der Waals surface area contributed by atoms with Gasteiger partial charge in [0, 0.05) is 12.5 Å². The van der Waals surface area contributed by atoms with Gasteiger partial charge in [-0.05, 0) is 19.9 Å². The third kappa shape index (κ3) is 8.35. The van der Waals surface area contributed by atoms with Gasteiger partial charge < -0.3 is 5.32 Å². The minimum absolute atomic E-state index is 0.0168. The maximum Gasteiger partial charge on any atom is 0.389 e. The fraction of sp³-hybridized carbons (Fsp3) is 1.00. The molecule has 0 fully saturated rings. The van der Waals surface area contributed by atoms with E-state index in [1.165, 1.54) is 0 Å². The normalized spacial score (nSPS) is 14.4. The number of rotatable bonds is 7. The molecule has 0 heterocycles. The quantitative estimate of drug-likeness (QED) is 0.635. The summed E-state index contributed by atoms with van der Waals surface area (Å²) in [6, 6.07) is 0.0168. The van der Waals surface area contributed by atoms with Crippen molar-refractivity contribution in [3.05, 3.63) is 0 Å². The van der Waals surface area contributed by atoms with Crippen LogP contribution in [0.5, 0.6) is 0 Å². The second kappa shape index (κ2) is 7.10. The largest absolute Gasteiger partial charge is 0.389 e. The van der Waals surface area contributed by atoms with Crippen LogP contribution < -0.4 is 5.32 Å². The van der Waals surface area contributed by atoms with Crippen molar-refractivity contribution < 1.29 is 13.2 Å². The Kier molecular flexibility index (Phi) is 6.97. The Bertz CT molecular complexity index is 134. The Morgan fingerprint density at radius 2 is 1.79 bits per heavy atom. The lowest BCUT2D eigenvalue weighted by Crippen LogP contribution is -2.27. The fourth-order valence-corrected chi connectivity index (χ4v) is 1.41. The molecular weight excluding hydrogens is 191 g/mol. The van der Waals surface area contributed by atoms with E-state index in [1.54, 1.807) is 7.05 Å². The molecule has 14 heavy (non-hydrogen) atoms. The zero-order valence-electron chi connectivity index (χ0n) is 8.95. The van der Waals surface area contributed by atoms with E-state index >= 15 is 0 Å². The van der Waals surface area contributed by atoms with Gasteiger partial charge in [0.25, 0.3) is 0 Å². The first-order valence-corrected chi connectivity index (χ1v) is 5.23. The van der Waals surface area contributed by atoms with Gasteiger partial charge in [-0.25, -0.2) is 0 Å². The van der Waals surface area contributed by atoms with E-state index in [9.17, 15) is 13.2 Å². The Morgan fingerprint density at radius 1 is 1.14 bits per heavy atom. The first kappa shape index (κ1) is 13.8. The van der Waals surface area contributed by atoms with Crippen LogP contribution in [0.3, 0.4) is 0 Å². The second-order valence-corrected chi connectivity index (χ2v) is 3.64. The van der Waals surface area contributed by atoms with Gasteiger partial charge in [0.15, 0.2) is 0 Å². The molecule has 0 radical (unpaired) electrons. The minimum atomic E-state index is -4.01. The minimum Gasteiger partial charge on any atom is -0.317 e. The molecule has 0 rings (SSSR count). The van der Waals surface area contributed by atoms with E-state index in [-0.39, 0.29) is 12.5 Å². The molecular formula is C10H20F3N. The number of nitrogens with one attached hydrogen (secondary N) is 1. The van der Waals surface area contributed by atoms with Gasteiger partial charge in [0.05, 0.1) is 0 Å². The van der Waals surface area contributed by atoms with Crippen molar-refractivity contribution >= 4 is 0 Å². The SMILES string of the molecule is CCCCCC(CCC(F)(F)F)NC. The van der Waals surface area contributed by atoms with Crippen molar-refractivity contribution in [2.75, 3.05) is 7.05 Å². The number of hydrogen-bond donors (Lipinski definition) is 1. The number of halogens is 3. The summed E-state index contributed by atoms with van der Waals surface area (Å²) in [6.45, 7) is 2.09. The molecule has 0 bridgehead atoms. The zero-order valence-corrected chi connectivity index (χ0v) is 8.95.